The number of hydrogen-bond donors (Lipinski definition) is 2. The first-order valence-corrected chi connectivity index (χ1v) is 7.21. The van der Waals surface area contributed by atoms with Gasteiger partial charge in [0, 0.05) is 12.6 Å². The molecular formula is C11H16ClNO3S. The molecule has 0 saturated heterocycles. The minimum Gasteiger partial charge on any atom is -0.396 e. The molecule has 0 amide bonds. The average molecular weight is 278 g/mol. The van der Waals surface area contributed by atoms with E-state index < -0.39 is 10.0 Å². The van der Waals surface area contributed by atoms with Crippen molar-refractivity contribution < 1.29 is 13.5 Å². The fourth-order valence-corrected chi connectivity index (χ4v) is 3.24. The molecule has 4 nitrogen and oxygen atoms in total. The van der Waals surface area contributed by atoms with Gasteiger partial charge in [0.1, 0.15) is 4.90 Å². The summed E-state index contributed by atoms with van der Waals surface area (Å²) in [6, 6.07) is 6.07. The SMILES string of the molecule is CC(CCCO)NS(=O)(=O)c1ccccc1Cl. The van der Waals surface area contributed by atoms with Crippen LogP contribution in [-0.2, 0) is 10.0 Å². The molecule has 96 valence electrons. The van der Waals surface area contributed by atoms with Crippen LogP contribution in [0.2, 0.25) is 5.02 Å². The van der Waals surface area contributed by atoms with Crippen LogP contribution in [0.4, 0.5) is 0 Å². The summed E-state index contributed by atoms with van der Waals surface area (Å²) in [7, 11) is -3.58. The Morgan fingerprint density at radius 3 is 2.65 bits per heavy atom. The number of sulfonamides is 1. The predicted octanol–water partition coefficient (Wildman–Crippen LogP) is 1.78. The van der Waals surface area contributed by atoms with E-state index in [0.717, 1.165) is 0 Å². The maximum atomic E-state index is 12.0. The van der Waals surface area contributed by atoms with Crippen LogP contribution in [0.25, 0.3) is 0 Å². The topological polar surface area (TPSA) is 66.4 Å². The number of hydrogen-bond acceptors (Lipinski definition) is 3. The highest BCUT2D eigenvalue weighted by Crippen LogP contribution is 2.20. The molecule has 1 unspecified atom stereocenters. The van der Waals surface area contributed by atoms with Gasteiger partial charge < -0.3 is 5.11 Å². The molecule has 1 atom stereocenters. The minimum absolute atomic E-state index is 0.0537. The molecule has 0 fully saturated rings. The lowest BCUT2D eigenvalue weighted by Gasteiger charge is -2.14. The summed E-state index contributed by atoms with van der Waals surface area (Å²) in [5, 5.41) is 8.88. The fraction of sp³-hybridized carbons (Fsp3) is 0.455. The van der Waals surface area contributed by atoms with Crippen molar-refractivity contribution in [2.75, 3.05) is 6.61 Å². The van der Waals surface area contributed by atoms with Gasteiger partial charge in [-0.15, -0.1) is 0 Å². The van der Waals surface area contributed by atoms with Crippen LogP contribution in [0, 0.1) is 0 Å². The zero-order valence-electron chi connectivity index (χ0n) is 9.56. The molecule has 1 rings (SSSR count). The van der Waals surface area contributed by atoms with E-state index in [0.29, 0.717) is 12.8 Å². The summed E-state index contributed by atoms with van der Waals surface area (Å²) in [5.74, 6) is 0. The third-order valence-corrected chi connectivity index (χ3v) is 4.37. The lowest BCUT2D eigenvalue weighted by Crippen LogP contribution is -2.32. The normalized spacial score (nSPS) is 13.6. The van der Waals surface area contributed by atoms with Gasteiger partial charge in [0.2, 0.25) is 10.0 Å². The largest absolute Gasteiger partial charge is 0.396 e. The standard InChI is InChI=1S/C11H16ClNO3S/c1-9(5-4-8-14)13-17(15,16)11-7-3-2-6-10(11)12/h2-3,6-7,9,13-14H,4-5,8H2,1H3. The van der Waals surface area contributed by atoms with Crippen molar-refractivity contribution in [3.8, 4) is 0 Å². The van der Waals surface area contributed by atoms with E-state index in [1.165, 1.54) is 12.1 Å². The monoisotopic (exact) mass is 277 g/mol. The van der Waals surface area contributed by atoms with E-state index in [9.17, 15) is 8.42 Å². The van der Waals surface area contributed by atoms with Crippen LogP contribution < -0.4 is 4.72 Å². The fourth-order valence-electron chi connectivity index (χ4n) is 1.45. The number of benzene rings is 1. The Bertz CT molecular complexity index is 462. The van der Waals surface area contributed by atoms with Crippen LogP contribution >= 0.6 is 11.6 Å². The van der Waals surface area contributed by atoms with Gasteiger partial charge in [-0.2, -0.15) is 0 Å². The molecule has 0 aliphatic heterocycles. The summed E-state index contributed by atoms with van der Waals surface area (Å²) in [5.41, 5.74) is 0. The number of aliphatic hydroxyl groups excluding tert-OH is 1. The summed E-state index contributed by atoms with van der Waals surface area (Å²) in [4.78, 5) is 0.0810. The van der Waals surface area contributed by atoms with Crippen molar-refractivity contribution in [2.45, 2.75) is 30.7 Å². The van der Waals surface area contributed by atoms with Crippen molar-refractivity contribution >= 4 is 21.6 Å². The van der Waals surface area contributed by atoms with Gasteiger partial charge in [-0.3, -0.25) is 0 Å². The maximum absolute atomic E-state index is 12.0. The highest BCUT2D eigenvalue weighted by molar-refractivity contribution is 7.89. The predicted molar refractivity (Wildman–Crippen MR) is 67.6 cm³/mol. The minimum atomic E-state index is -3.58. The lowest BCUT2D eigenvalue weighted by molar-refractivity contribution is 0.279. The van der Waals surface area contributed by atoms with Gasteiger partial charge >= 0.3 is 0 Å². The Hall–Kier alpha value is -0.620. The van der Waals surface area contributed by atoms with Gasteiger partial charge in [0.25, 0.3) is 0 Å². The molecule has 1 aromatic rings. The molecular weight excluding hydrogens is 262 g/mol. The molecule has 0 aromatic heterocycles. The summed E-state index contributed by atoms with van der Waals surface area (Å²) < 4.78 is 26.5. The molecule has 6 heteroatoms. The van der Waals surface area contributed by atoms with E-state index in [2.05, 4.69) is 4.72 Å². The van der Waals surface area contributed by atoms with Gasteiger partial charge in [-0.1, -0.05) is 23.7 Å². The van der Waals surface area contributed by atoms with E-state index in [4.69, 9.17) is 16.7 Å². The van der Waals surface area contributed by atoms with Crippen molar-refractivity contribution in [1.82, 2.24) is 4.72 Å². The van der Waals surface area contributed by atoms with E-state index in [-0.39, 0.29) is 22.6 Å². The van der Waals surface area contributed by atoms with Crippen molar-refractivity contribution in [3.05, 3.63) is 29.3 Å². The molecule has 17 heavy (non-hydrogen) atoms. The van der Waals surface area contributed by atoms with E-state index in [1.807, 2.05) is 0 Å². The summed E-state index contributed by atoms with van der Waals surface area (Å²) in [6.07, 6.45) is 1.15. The molecule has 0 heterocycles. The lowest BCUT2D eigenvalue weighted by atomic mass is 10.2. The van der Waals surface area contributed by atoms with Crippen molar-refractivity contribution in [3.63, 3.8) is 0 Å². The maximum Gasteiger partial charge on any atom is 0.242 e. The number of nitrogens with one attached hydrogen (secondary N) is 1. The van der Waals surface area contributed by atoms with E-state index in [1.54, 1.807) is 19.1 Å². The number of rotatable bonds is 6. The van der Waals surface area contributed by atoms with Crippen LogP contribution in [0.15, 0.2) is 29.2 Å². The van der Waals surface area contributed by atoms with Gasteiger partial charge in [0.05, 0.1) is 5.02 Å². The first kappa shape index (κ1) is 14.4. The van der Waals surface area contributed by atoms with Gasteiger partial charge in [-0.05, 0) is 31.9 Å². The summed E-state index contributed by atoms with van der Waals surface area (Å²) in [6.45, 7) is 1.81. The molecule has 0 saturated carbocycles. The first-order chi connectivity index (χ1) is 7.97. The van der Waals surface area contributed by atoms with Crippen LogP contribution in [0.1, 0.15) is 19.8 Å². The smallest absolute Gasteiger partial charge is 0.242 e. The third kappa shape index (κ3) is 4.27. The van der Waals surface area contributed by atoms with Crippen LogP contribution in [-0.4, -0.2) is 26.2 Å². The quantitative estimate of drug-likeness (QED) is 0.833. The van der Waals surface area contributed by atoms with Gasteiger partial charge in [-0.25, -0.2) is 13.1 Å². The summed E-state index contributed by atoms with van der Waals surface area (Å²) >= 11 is 5.84. The van der Waals surface area contributed by atoms with E-state index >= 15 is 0 Å². The highest BCUT2D eigenvalue weighted by Gasteiger charge is 2.19. The molecule has 1 aromatic carbocycles. The Labute approximate surface area is 107 Å². The van der Waals surface area contributed by atoms with Crippen molar-refractivity contribution in [1.29, 1.82) is 0 Å². The molecule has 2 N–H and O–H groups in total. The Balaban J connectivity index is 2.79. The zero-order chi connectivity index (χ0) is 12.9. The Kier molecular flexibility index (Phi) is 5.39. The third-order valence-electron chi connectivity index (χ3n) is 2.28. The molecule has 0 spiro atoms. The second-order valence-electron chi connectivity index (χ2n) is 3.82. The number of halogens is 1. The van der Waals surface area contributed by atoms with Crippen LogP contribution in [0.3, 0.4) is 0 Å². The average Bonchev–Trinajstić information content (AvgIpc) is 2.26. The molecule has 0 radical (unpaired) electrons. The number of aliphatic hydroxyl groups is 1. The second kappa shape index (κ2) is 6.35. The Morgan fingerprint density at radius 2 is 2.06 bits per heavy atom. The second-order valence-corrected chi connectivity index (χ2v) is 5.91. The zero-order valence-corrected chi connectivity index (χ0v) is 11.1. The van der Waals surface area contributed by atoms with Crippen LogP contribution in [0.5, 0.6) is 0 Å². The molecule has 0 aliphatic rings. The molecule has 0 aliphatic carbocycles. The highest BCUT2D eigenvalue weighted by atomic mass is 35.5. The molecule has 0 bridgehead atoms. The van der Waals surface area contributed by atoms with Gasteiger partial charge in [0.15, 0.2) is 0 Å². The van der Waals surface area contributed by atoms with Crippen molar-refractivity contribution in [2.24, 2.45) is 0 Å². The Morgan fingerprint density at radius 1 is 1.41 bits per heavy atom. The first-order valence-electron chi connectivity index (χ1n) is 5.35.